The van der Waals surface area contributed by atoms with Gasteiger partial charge in [0.1, 0.15) is 5.82 Å². The van der Waals surface area contributed by atoms with Gasteiger partial charge in [-0.1, -0.05) is 18.2 Å². The number of aryl methyl sites for hydroxylation is 1. The molecule has 2 N–H and O–H groups in total. The zero-order valence-electron chi connectivity index (χ0n) is 13.7. The van der Waals surface area contributed by atoms with Crippen LogP contribution in [-0.4, -0.2) is 35.6 Å². The van der Waals surface area contributed by atoms with Crippen LogP contribution in [0.25, 0.3) is 0 Å². The molecule has 1 amide bonds. The van der Waals surface area contributed by atoms with Crippen molar-refractivity contribution in [2.24, 2.45) is 0 Å². The second-order valence-corrected chi connectivity index (χ2v) is 5.83. The zero-order valence-corrected chi connectivity index (χ0v) is 13.7. The SMILES string of the molecule is CNC(=O)c1cccc2c1CN(c1ccc(C)c(C(=O)O)n1)CC2. The van der Waals surface area contributed by atoms with Crippen molar-refractivity contribution >= 4 is 17.7 Å². The lowest BCUT2D eigenvalue weighted by Gasteiger charge is -2.31. The van der Waals surface area contributed by atoms with Crippen LogP contribution < -0.4 is 10.2 Å². The molecule has 1 aliphatic heterocycles. The van der Waals surface area contributed by atoms with Gasteiger partial charge >= 0.3 is 5.97 Å². The zero-order chi connectivity index (χ0) is 17.3. The third kappa shape index (κ3) is 2.82. The molecule has 0 saturated carbocycles. The van der Waals surface area contributed by atoms with Gasteiger partial charge in [-0.25, -0.2) is 9.78 Å². The fourth-order valence-corrected chi connectivity index (χ4v) is 3.03. The predicted molar refractivity (Wildman–Crippen MR) is 90.5 cm³/mol. The number of nitrogens with zero attached hydrogens (tertiary/aromatic N) is 2. The summed E-state index contributed by atoms with van der Waals surface area (Å²) in [5.74, 6) is -0.523. The fraction of sp³-hybridized carbons (Fsp3) is 0.278. The molecule has 1 aromatic heterocycles. The fourth-order valence-electron chi connectivity index (χ4n) is 3.03. The quantitative estimate of drug-likeness (QED) is 0.902. The highest BCUT2D eigenvalue weighted by Crippen LogP contribution is 2.26. The molecule has 2 aromatic rings. The van der Waals surface area contributed by atoms with Crippen LogP contribution in [0, 0.1) is 6.92 Å². The van der Waals surface area contributed by atoms with Crippen molar-refractivity contribution in [3.05, 3.63) is 58.3 Å². The standard InChI is InChI=1S/C18H19N3O3/c1-11-6-7-15(20-16(11)18(23)24)21-9-8-12-4-3-5-13(14(12)10-21)17(22)19-2/h3-7H,8-10H2,1-2H3,(H,19,22)(H,23,24). The first-order valence-corrected chi connectivity index (χ1v) is 7.80. The van der Waals surface area contributed by atoms with E-state index in [1.54, 1.807) is 20.0 Å². The summed E-state index contributed by atoms with van der Waals surface area (Å²) in [6.07, 6.45) is 0.790. The first kappa shape index (κ1) is 16.0. The molecule has 6 heteroatoms. The molecule has 0 bridgehead atoms. The van der Waals surface area contributed by atoms with Crippen molar-refractivity contribution in [3.8, 4) is 0 Å². The summed E-state index contributed by atoms with van der Waals surface area (Å²) in [6.45, 7) is 3.00. The molecule has 0 fully saturated rings. The molecule has 0 unspecified atom stereocenters. The van der Waals surface area contributed by atoms with Crippen LogP contribution in [0.2, 0.25) is 0 Å². The van der Waals surface area contributed by atoms with Gasteiger partial charge in [-0.05, 0) is 42.2 Å². The molecule has 124 valence electrons. The van der Waals surface area contributed by atoms with Crippen molar-refractivity contribution in [2.45, 2.75) is 19.9 Å². The summed E-state index contributed by atoms with van der Waals surface area (Å²) in [5, 5.41) is 11.9. The summed E-state index contributed by atoms with van der Waals surface area (Å²) in [4.78, 5) is 29.7. The van der Waals surface area contributed by atoms with Crippen LogP contribution in [0.4, 0.5) is 5.82 Å². The van der Waals surface area contributed by atoms with Crippen molar-refractivity contribution in [3.63, 3.8) is 0 Å². The number of amides is 1. The third-order valence-corrected chi connectivity index (χ3v) is 4.35. The summed E-state index contributed by atoms with van der Waals surface area (Å²) in [6, 6.07) is 9.34. The van der Waals surface area contributed by atoms with Gasteiger partial charge in [-0.3, -0.25) is 4.79 Å². The van der Waals surface area contributed by atoms with Crippen LogP contribution in [0.3, 0.4) is 0 Å². The highest BCUT2D eigenvalue weighted by Gasteiger charge is 2.23. The number of hydrogen-bond acceptors (Lipinski definition) is 4. The van der Waals surface area contributed by atoms with Gasteiger partial charge in [0.25, 0.3) is 5.91 Å². The molecule has 3 rings (SSSR count). The first-order valence-electron chi connectivity index (χ1n) is 7.80. The number of anilines is 1. The first-order chi connectivity index (χ1) is 11.5. The maximum absolute atomic E-state index is 12.1. The van der Waals surface area contributed by atoms with Crippen LogP contribution in [0.1, 0.15) is 37.5 Å². The Hall–Kier alpha value is -2.89. The van der Waals surface area contributed by atoms with E-state index in [2.05, 4.69) is 10.3 Å². The number of carbonyl (C=O) groups is 2. The van der Waals surface area contributed by atoms with Gasteiger partial charge in [-0.2, -0.15) is 0 Å². The molecule has 1 aliphatic rings. The summed E-state index contributed by atoms with van der Waals surface area (Å²) in [5.41, 5.74) is 3.48. The molecule has 0 atom stereocenters. The summed E-state index contributed by atoms with van der Waals surface area (Å²) in [7, 11) is 1.61. The van der Waals surface area contributed by atoms with Crippen molar-refractivity contribution in [1.82, 2.24) is 10.3 Å². The number of carboxylic acids is 1. The number of rotatable bonds is 3. The van der Waals surface area contributed by atoms with E-state index >= 15 is 0 Å². The number of pyridine rings is 1. The Kier molecular flexibility index (Phi) is 4.20. The number of aromatic carboxylic acids is 1. The molecule has 0 saturated heterocycles. The lowest BCUT2D eigenvalue weighted by atomic mass is 9.94. The number of benzene rings is 1. The second kappa shape index (κ2) is 6.31. The van der Waals surface area contributed by atoms with Gasteiger partial charge in [-0.15, -0.1) is 0 Å². The Morgan fingerprint density at radius 3 is 2.75 bits per heavy atom. The Balaban J connectivity index is 1.97. The minimum absolute atomic E-state index is 0.0675. The lowest BCUT2D eigenvalue weighted by Crippen LogP contribution is -2.33. The number of fused-ring (bicyclic) bond motifs is 1. The molecular weight excluding hydrogens is 306 g/mol. The number of nitrogens with one attached hydrogen (secondary N) is 1. The second-order valence-electron chi connectivity index (χ2n) is 5.83. The molecule has 0 radical (unpaired) electrons. The van der Waals surface area contributed by atoms with Gasteiger partial charge in [0.2, 0.25) is 0 Å². The highest BCUT2D eigenvalue weighted by molar-refractivity contribution is 5.96. The molecular formula is C18H19N3O3. The van der Waals surface area contributed by atoms with Crippen molar-refractivity contribution in [1.29, 1.82) is 0 Å². The Morgan fingerprint density at radius 2 is 2.04 bits per heavy atom. The topological polar surface area (TPSA) is 82.5 Å². The summed E-state index contributed by atoms with van der Waals surface area (Å²) < 4.78 is 0. The molecule has 6 nitrogen and oxygen atoms in total. The van der Waals surface area contributed by atoms with Crippen LogP contribution in [0.15, 0.2) is 30.3 Å². The summed E-state index contributed by atoms with van der Waals surface area (Å²) >= 11 is 0. The van der Waals surface area contributed by atoms with Gasteiger partial charge in [0.15, 0.2) is 5.69 Å². The van der Waals surface area contributed by atoms with Crippen LogP contribution in [0.5, 0.6) is 0 Å². The monoisotopic (exact) mass is 325 g/mol. The van der Waals surface area contributed by atoms with Crippen molar-refractivity contribution < 1.29 is 14.7 Å². The normalized spacial score (nSPS) is 13.3. The van der Waals surface area contributed by atoms with Crippen LogP contribution >= 0.6 is 0 Å². The van der Waals surface area contributed by atoms with E-state index < -0.39 is 5.97 Å². The van der Waals surface area contributed by atoms with E-state index in [1.807, 2.05) is 29.2 Å². The number of aromatic nitrogens is 1. The molecule has 2 heterocycles. The van der Waals surface area contributed by atoms with Gasteiger partial charge in [0.05, 0.1) is 0 Å². The van der Waals surface area contributed by atoms with E-state index in [0.717, 1.165) is 24.1 Å². The largest absolute Gasteiger partial charge is 0.477 e. The lowest BCUT2D eigenvalue weighted by molar-refractivity contribution is 0.0689. The minimum Gasteiger partial charge on any atom is -0.477 e. The Morgan fingerprint density at radius 1 is 1.25 bits per heavy atom. The predicted octanol–water partition coefficient (Wildman–Crippen LogP) is 2.01. The number of carbonyl (C=O) groups excluding carboxylic acids is 1. The minimum atomic E-state index is -1.03. The van der Waals surface area contributed by atoms with E-state index in [0.29, 0.717) is 23.5 Å². The van der Waals surface area contributed by atoms with E-state index in [1.165, 1.54) is 0 Å². The molecule has 0 spiro atoms. The number of carboxylic acid groups (broad SMARTS) is 1. The van der Waals surface area contributed by atoms with E-state index in [-0.39, 0.29) is 11.6 Å². The maximum atomic E-state index is 12.1. The average molecular weight is 325 g/mol. The van der Waals surface area contributed by atoms with Crippen molar-refractivity contribution in [2.75, 3.05) is 18.5 Å². The smallest absolute Gasteiger partial charge is 0.354 e. The van der Waals surface area contributed by atoms with Gasteiger partial charge < -0.3 is 15.3 Å². The average Bonchev–Trinajstić information content (AvgIpc) is 2.60. The highest BCUT2D eigenvalue weighted by atomic mass is 16.4. The maximum Gasteiger partial charge on any atom is 0.354 e. The van der Waals surface area contributed by atoms with E-state index in [4.69, 9.17) is 0 Å². The molecule has 0 aliphatic carbocycles. The van der Waals surface area contributed by atoms with Crippen LogP contribution in [-0.2, 0) is 13.0 Å². The van der Waals surface area contributed by atoms with E-state index in [9.17, 15) is 14.7 Å². The third-order valence-electron chi connectivity index (χ3n) is 4.35. The Labute approximate surface area is 140 Å². The number of hydrogen-bond donors (Lipinski definition) is 2. The Bertz CT molecular complexity index is 817. The molecule has 1 aromatic carbocycles. The van der Waals surface area contributed by atoms with Gasteiger partial charge in [0, 0.05) is 25.7 Å². The molecule has 24 heavy (non-hydrogen) atoms.